The Balaban J connectivity index is 0.000000882. The Morgan fingerprint density at radius 1 is 1.00 bits per heavy atom. The summed E-state index contributed by atoms with van der Waals surface area (Å²) in [6.07, 6.45) is 1.89. The van der Waals surface area contributed by atoms with E-state index >= 15 is 0 Å². The Bertz CT molecular complexity index is 615. The SMILES string of the molecule is Cl.Cl.c1ccc2nc(N3CC(N4CCOCC4)C3)cnc2c1. The third-order valence-corrected chi connectivity index (χ3v) is 4.18. The molecule has 1 aromatic carbocycles. The van der Waals surface area contributed by atoms with Gasteiger partial charge in [0.25, 0.3) is 0 Å². The van der Waals surface area contributed by atoms with Gasteiger partial charge in [0, 0.05) is 32.2 Å². The van der Waals surface area contributed by atoms with Gasteiger partial charge in [0.2, 0.25) is 0 Å². The molecule has 2 aliphatic rings. The maximum absolute atomic E-state index is 5.40. The van der Waals surface area contributed by atoms with Crippen LogP contribution in [0.15, 0.2) is 30.5 Å². The molecule has 3 heterocycles. The van der Waals surface area contributed by atoms with Crippen molar-refractivity contribution in [2.45, 2.75) is 6.04 Å². The zero-order chi connectivity index (χ0) is 13.4. The van der Waals surface area contributed by atoms with Gasteiger partial charge in [-0.05, 0) is 12.1 Å². The first kappa shape index (κ1) is 17.2. The van der Waals surface area contributed by atoms with Crippen molar-refractivity contribution in [2.75, 3.05) is 44.3 Å². The summed E-state index contributed by atoms with van der Waals surface area (Å²) in [5.41, 5.74) is 1.93. The van der Waals surface area contributed by atoms with Crippen LogP contribution in [-0.2, 0) is 4.74 Å². The fourth-order valence-electron chi connectivity index (χ4n) is 2.92. The number of halogens is 2. The van der Waals surface area contributed by atoms with Gasteiger partial charge in [-0.2, -0.15) is 0 Å². The summed E-state index contributed by atoms with van der Waals surface area (Å²) in [6.45, 7) is 5.95. The highest BCUT2D eigenvalue weighted by Crippen LogP contribution is 2.23. The Labute approximate surface area is 142 Å². The lowest BCUT2D eigenvalue weighted by molar-refractivity contribution is 0.0104. The molecule has 22 heavy (non-hydrogen) atoms. The molecule has 0 saturated carbocycles. The molecule has 5 nitrogen and oxygen atoms in total. The topological polar surface area (TPSA) is 41.5 Å². The average Bonchev–Trinajstić information content (AvgIpc) is 2.47. The van der Waals surface area contributed by atoms with Crippen molar-refractivity contribution in [3.05, 3.63) is 30.5 Å². The van der Waals surface area contributed by atoms with Crippen LogP contribution in [0.5, 0.6) is 0 Å². The molecule has 0 N–H and O–H groups in total. The Morgan fingerprint density at radius 2 is 1.68 bits per heavy atom. The van der Waals surface area contributed by atoms with Crippen LogP contribution in [0, 0.1) is 0 Å². The quantitative estimate of drug-likeness (QED) is 0.834. The van der Waals surface area contributed by atoms with Crippen molar-refractivity contribution >= 4 is 41.7 Å². The number of benzene rings is 1. The Morgan fingerprint density at radius 3 is 2.41 bits per heavy atom. The molecule has 0 unspecified atom stereocenters. The summed E-state index contributed by atoms with van der Waals surface area (Å²) in [7, 11) is 0. The molecular formula is C15H20Cl2N4O. The van der Waals surface area contributed by atoms with Gasteiger partial charge in [0.1, 0.15) is 5.82 Å². The second-order valence-electron chi connectivity index (χ2n) is 5.42. The van der Waals surface area contributed by atoms with E-state index in [4.69, 9.17) is 9.72 Å². The lowest BCUT2D eigenvalue weighted by Crippen LogP contribution is -2.61. The van der Waals surface area contributed by atoms with Crippen molar-refractivity contribution in [3.8, 4) is 0 Å². The summed E-state index contributed by atoms with van der Waals surface area (Å²) < 4.78 is 5.40. The van der Waals surface area contributed by atoms with Gasteiger partial charge in [-0.1, -0.05) is 12.1 Å². The molecule has 7 heteroatoms. The molecule has 2 aromatic rings. The van der Waals surface area contributed by atoms with Crippen LogP contribution in [-0.4, -0.2) is 60.3 Å². The minimum absolute atomic E-state index is 0. The van der Waals surface area contributed by atoms with E-state index < -0.39 is 0 Å². The molecule has 0 amide bonds. The molecule has 2 fully saturated rings. The van der Waals surface area contributed by atoms with Crippen LogP contribution < -0.4 is 4.90 Å². The first-order valence-electron chi connectivity index (χ1n) is 7.19. The van der Waals surface area contributed by atoms with Crippen molar-refractivity contribution < 1.29 is 4.74 Å². The zero-order valence-corrected chi connectivity index (χ0v) is 13.9. The van der Waals surface area contributed by atoms with Crippen molar-refractivity contribution in [2.24, 2.45) is 0 Å². The van der Waals surface area contributed by atoms with E-state index in [9.17, 15) is 0 Å². The molecular weight excluding hydrogens is 323 g/mol. The molecule has 0 spiro atoms. The number of anilines is 1. The lowest BCUT2D eigenvalue weighted by Gasteiger charge is -2.47. The predicted molar refractivity (Wildman–Crippen MR) is 92.4 cm³/mol. The van der Waals surface area contributed by atoms with Crippen molar-refractivity contribution in [1.82, 2.24) is 14.9 Å². The number of aromatic nitrogens is 2. The molecule has 120 valence electrons. The van der Waals surface area contributed by atoms with E-state index in [2.05, 4.69) is 14.8 Å². The van der Waals surface area contributed by atoms with Crippen LogP contribution in [0.3, 0.4) is 0 Å². The van der Waals surface area contributed by atoms with E-state index in [0.717, 1.165) is 56.2 Å². The summed E-state index contributed by atoms with van der Waals surface area (Å²) in [4.78, 5) is 14.0. The fraction of sp³-hybridized carbons (Fsp3) is 0.467. The molecule has 1 aromatic heterocycles. The number of morpholine rings is 1. The van der Waals surface area contributed by atoms with Gasteiger partial charge in [0.15, 0.2) is 0 Å². The van der Waals surface area contributed by atoms with Gasteiger partial charge in [-0.3, -0.25) is 9.88 Å². The highest BCUT2D eigenvalue weighted by molar-refractivity contribution is 5.85. The number of nitrogens with zero attached hydrogens (tertiary/aromatic N) is 4. The number of hydrogen-bond acceptors (Lipinski definition) is 5. The zero-order valence-electron chi connectivity index (χ0n) is 12.2. The second-order valence-corrected chi connectivity index (χ2v) is 5.42. The van der Waals surface area contributed by atoms with E-state index in [1.54, 1.807) is 0 Å². The molecule has 2 aliphatic heterocycles. The number of hydrogen-bond donors (Lipinski definition) is 0. The Hall–Kier alpha value is -1.14. The number of para-hydroxylation sites is 2. The van der Waals surface area contributed by atoms with E-state index in [1.165, 1.54) is 0 Å². The van der Waals surface area contributed by atoms with Crippen LogP contribution in [0.1, 0.15) is 0 Å². The summed E-state index contributed by atoms with van der Waals surface area (Å²) in [5, 5.41) is 0. The number of fused-ring (bicyclic) bond motifs is 1. The lowest BCUT2D eigenvalue weighted by atomic mass is 10.1. The third-order valence-electron chi connectivity index (χ3n) is 4.18. The smallest absolute Gasteiger partial charge is 0.147 e. The molecule has 0 aliphatic carbocycles. The molecule has 0 atom stereocenters. The fourth-order valence-corrected chi connectivity index (χ4v) is 2.92. The van der Waals surface area contributed by atoms with Crippen molar-refractivity contribution in [1.29, 1.82) is 0 Å². The molecule has 0 radical (unpaired) electrons. The monoisotopic (exact) mass is 342 g/mol. The molecule has 2 saturated heterocycles. The van der Waals surface area contributed by atoms with Crippen molar-refractivity contribution in [3.63, 3.8) is 0 Å². The van der Waals surface area contributed by atoms with E-state index in [0.29, 0.717) is 6.04 Å². The normalized spacial score (nSPS) is 19.2. The maximum atomic E-state index is 5.40. The summed E-state index contributed by atoms with van der Waals surface area (Å²) in [5.74, 6) is 0.994. The maximum Gasteiger partial charge on any atom is 0.147 e. The van der Waals surface area contributed by atoms with Gasteiger partial charge in [-0.15, -0.1) is 24.8 Å². The Kier molecular flexibility index (Phi) is 5.81. The third kappa shape index (κ3) is 3.27. The minimum atomic E-state index is 0. The first-order chi connectivity index (χ1) is 9.90. The summed E-state index contributed by atoms with van der Waals surface area (Å²) in [6, 6.07) is 8.67. The van der Waals surface area contributed by atoms with Gasteiger partial charge in [0.05, 0.1) is 30.4 Å². The van der Waals surface area contributed by atoms with Crippen LogP contribution >= 0.6 is 24.8 Å². The average molecular weight is 343 g/mol. The largest absolute Gasteiger partial charge is 0.379 e. The van der Waals surface area contributed by atoms with Gasteiger partial charge >= 0.3 is 0 Å². The van der Waals surface area contributed by atoms with Gasteiger partial charge < -0.3 is 9.64 Å². The van der Waals surface area contributed by atoms with Crippen LogP contribution in [0.2, 0.25) is 0 Å². The molecule has 0 bridgehead atoms. The minimum Gasteiger partial charge on any atom is -0.379 e. The molecule has 4 rings (SSSR count). The summed E-state index contributed by atoms with van der Waals surface area (Å²) >= 11 is 0. The van der Waals surface area contributed by atoms with E-state index in [-0.39, 0.29) is 24.8 Å². The number of ether oxygens (including phenoxy) is 1. The highest BCUT2D eigenvalue weighted by atomic mass is 35.5. The predicted octanol–water partition coefficient (Wildman–Crippen LogP) is 1.99. The van der Waals surface area contributed by atoms with Crippen LogP contribution in [0.4, 0.5) is 5.82 Å². The van der Waals surface area contributed by atoms with E-state index in [1.807, 2.05) is 30.5 Å². The number of rotatable bonds is 2. The standard InChI is InChI=1S/C15H18N4O.2ClH/c1-2-4-14-13(3-1)16-9-15(17-14)19-10-12(11-19)18-5-7-20-8-6-18;;/h1-4,9,12H,5-8,10-11H2;2*1H. The highest BCUT2D eigenvalue weighted by Gasteiger charge is 2.33. The first-order valence-corrected chi connectivity index (χ1v) is 7.19. The van der Waals surface area contributed by atoms with Crippen LogP contribution in [0.25, 0.3) is 11.0 Å². The second kappa shape index (κ2) is 7.42. The van der Waals surface area contributed by atoms with Gasteiger partial charge in [-0.25, -0.2) is 4.98 Å².